The molecule has 2 heterocycles. The molecule has 0 N–H and O–H groups in total. The number of fused-ring (bicyclic) bond motifs is 1. The third-order valence-electron chi connectivity index (χ3n) is 4.79. The molecule has 0 atom stereocenters. The van der Waals surface area contributed by atoms with Crippen LogP contribution in [0.4, 0.5) is 5.82 Å². The predicted molar refractivity (Wildman–Crippen MR) is 101 cm³/mol. The van der Waals surface area contributed by atoms with E-state index in [-0.39, 0.29) is 5.91 Å². The van der Waals surface area contributed by atoms with E-state index in [1.807, 2.05) is 29.2 Å². The van der Waals surface area contributed by atoms with Crippen LogP contribution in [0.5, 0.6) is 0 Å². The maximum atomic E-state index is 12.6. The molecule has 0 radical (unpaired) electrons. The molecular formula is C18H19IN4O. The summed E-state index contributed by atoms with van der Waals surface area (Å²) in [6.45, 7) is 3.07. The molecule has 1 aliphatic carbocycles. The maximum absolute atomic E-state index is 12.6. The lowest BCUT2D eigenvalue weighted by atomic mass is 10.2. The third-order valence-corrected chi connectivity index (χ3v) is 5.51. The van der Waals surface area contributed by atoms with Gasteiger partial charge in [0.1, 0.15) is 0 Å². The minimum atomic E-state index is 0.117. The van der Waals surface area contributed by atoms with Gasteiger partial charge < -0.3 is 9.80 Å². The fourth-order valence-corrected chi connectivity index (χ4v) is 3.74. The standard InChI is InChI=1S/C18H19IN4O/c19-15-6-4-13(5-7-15)18(24)23-10-8-22(9-11-23)17-12-14-2-1-3-16(14)20-21-17/h4-7,12H,1-3,8-11H2. The van der Waals surface area contributed by atoms with Crippen LogP contribution in [0.1, 0.15) is 28.0 Å². The van der Waals surface area contributed by atoms with Crippen molar-refractivity contribution in [2.45, 2.75) is 19.3 Å². The Bertz CT molecular complexity index is 754. The van der Waals surface area contributed by atoms with Gasteiger partial charge in [0.2, 0.25) is 0 Å². The molecule has 5 nitrogen and oxygen atoms in total. The number of amides is 1. The van der Waals surface area contributed by atoms with Crippen LogP contribution in [0.3, 0.4) is 0 Å². The van der Waals surface area contributed by atoms with Gasteiger partial charge in [0.15, 0.2) is 5.82 Å². The number of carbonyl (C=O) groups is 1. The minimum Gasteiger partial charge on any atom is -0.352 e. The van der Waals surface area contributed by atoms with Crippen LogP contribution in [0.2, 0.25) is 0 Å². The summed E-state index contributed by atoms with van der Waals surface area (Å²) in [4.78, 5) is 16.8. The molecule has 2 aromatic rings. The summed E-state index contributed by atoms with van der Waals surface area (Å²) in [5.74, 6) is 1.07. The zero-order valence-corrected chi connectivity index (χ0v) is 15.6. The van der Waals surface area contributed by atoms with Crippen molar-refractivity contribution in [3.8, 4) is 0 Å². The normalized spacial score (nSPS) is 17.0. The summed E-state index contributed by atoms with van der Waals surface area (Å²) in [5.41, 5.74) is 3.27. The largest absolute Gasteiger partial charge is 0.352 e. The van der Waals surface area contributed by atoms with Gasteiger partial charge in [-0.15, -0.1) is 5.10 Å². The van der Waals surface area contributed by atoms with Crippen LogP contribution < -0.4 is 4.90 Å². The Balaban J connectivity index is 1.41. The van der Waals surface area contributed by atoms with E-state index >= 15 is 0 Å². The van der Waals surface area contributed by atoms with E-state index in [0.717, 1.165) is 59.7 Å². The van der Waals surface area contributed by atoms with Crippen molar-refractivity contribution < 1.29 is 4.79 Å². The number of nitrogens with zero attached hydrogens (tertiary/aromatic N) is 4. The zero-order valence-electron chi connectivity index (χ0n) is 13.4. The van der Waals surface area contributed by atoms with E-state index in [4.69, 9.17) is 0 Å². The number of piperazine rings is 1. The first-order valence-corrected chi connectivity index (χ1v) is 9.44. The first-order valence-electron chi connectivity index (χ1n) is 8.36. The second-order valence-corrected chi connectivity index (χ2v) is 7.56. The van der Waals surface area contributed by atoms with Crippen LogP contribution in [-0.4, -0.2) is 47.2 Å². The number of hydrogen-bond donors (Lipinski definition) is 0. The Morgan fingerprint density at radius 2 is 1.75 bits per heavy atom. The Kier molecular flexibility index (Phi) is 4.39. The smallest absolute Gasteiger partial charge is 0.253 e. The number of carbonyl (C=O) groups excluding carboxylic acids is 1. The fourth-order valence-electron chi connectivity index (χ4n) is 3.39. The van der Waals surface area contributed by atoms with E-state index < -0.39 is 0 Å². The fraction of sp³-hybridized carbons (Fsp3) is 0.389. The molecule has 0 saturated carbocycles. The van der Waals surface area contributed by atoms with Gasteiger partial charge in [-0.3, -0.25) is 4.79 Å². The average Bonchev–Trinajstić information content (AvgIpc) is 3.09. The van der Waals surface area contributed by atoms with E-state index in [2.05, 4.69) is 43.8 Å². The number of aromatic nitrogens is 2. The highest BCUT2D eigenvalue weighted by molar-refractivity contribution is 14.1. The Morgan fingerprint density at radius 1 is 1.00 bits per heavy atom. The number of halogens is 1. The van der Waals surface area contributed by atoms with Crippen molar-refractivity contribution in [3.05, 3.63) is 50.7 Å². The van der Waals surface area contributed by atoms with Crippen molar-refractivity contribution >= 4 is 34.3 Å². The SMILES string of the molecule is O=C(c1ccc(I)cc1)N1CCN(c2cc3c(nn2)CCC3)CC1. The zero-order chi connectivity index (χ0) is 16.5. The monoisotopic (exact) mass is 434 g/mol. The molecule has 4 rings (SSSR count). The number of benzene rings is 1. The van der Waals surface area contributed by atoms with Crippen molar-refractivity contribution in [3.63, 3.8) is 0 Å². The third kappa shape index (κ3) is 3.11. The molecule has 0 spiro atoms. The molecule has 2 aliphatic rings. The van der Waals surface area contributed by atoms with Crippen molar-refractivity contribution in [1.29, 1.82) is 0 Å². The van der Waals surface area contributed by atoms with Crippen molar-refractivity contribution in [1.82, 2.24) is 15.1 Å². The van der Waals surface area contributed by atoms with Gasteiger partial charge in [0.25, 0.3) is 5.91 Å². The lowest BCUT2D eigenvalue weighted by molar-refractivity contribution is 0.0746. The Hall–Kier alpha value is -1.70. The van der Waals surface area contributed by atoms with Crippen molar-refractivity contribution in [2.75, 3.05) is 31.1 Å². The van der Waals surface area contributed by atoms with Crippen LogP contribution in [0.15, 0.2) is 30.3 Å². The van der Waals surface area contributed by atoms with Crippen LogP contribution in [0.25, 0.3) is 0 Å². The molecule has 1 aromatic heterocycles. The second-order valence-electron chi connectivity index (χ2n) is 6.31. The van der Waals surface area contributed by atoms with Gasteiger partial charge in [-0.1, -0.05) is 0 Å². The van der Waals surface area contributed by atoms with E-state index in [1.165, 1.54) is 12.0 Å². The molecule has 1 aliphatic heterocycles. The lowest BCUT2D eigenvalue weighted by Crippen LogP contribution is -2.49. The average molecular weight is 434 g/mol. The van der Waals surface area contributed by atoms with Gasteiger partial charge in [0.05, 0.1) is 5.69 Å². The highest BCUT2D eigenvalue weighted by atomic mass is 127. The summed E-state index contributed by atoms with van der Waals surface area (Å²) >= 11 is 2.25. The highest BCUT2D eigenvalue weighted by Gasteiger charge is 2.24. The quantitative estimate of drug-likeness (QED) is 0.682. The molecule has 1 aromatic carbocycles. The van der Waals surface area contributed by atoms with Gasteiger partial charge >= 0.3 is 0 Å². The number of anilines is 1. The lowest BCUT2D eigenvalue weighted by Gasteiger charge is -2.35. The summed E-state index contributed by atoms with van der Waals surface area (Å²) in [7, 11) is 0. The first kappa shape index (κ1) is 15.8. The molecule has 1 saturated heterocycles. The van der Waals surface area contributed by atoms with Gasteiger partial charge in [-0.25, -0.2) is 0 Å². The second kappa shape index (κ2) is 6.66. The molecule has 1 amide bonds. The van der Waals surface area contributed by atoms with Gasteiger partial charge in [0, 0.05) is 35.3 Å². The summed E-state index contributed by atoms with van der Waals surface area (Å²) in [6, 6.07) is 9.95. The van der Waals surface area contributed by atoms with Gasteiger partial charge in [-0.05, 0) is 77.7 Å². The molecule has 1 fully saturated rings. The molecule has 0 bridgehead atoms. The van der Waals surface area contributed by atoms with E-state index in [0.29, 0.717) is 0 Å². The highest BCUT2D eigenvalue weighted by Crippen LogP contribution is 2.23. The van der Waals surface area contributed by atoms with Crippen LogP contribution >= 0.6 is 22.6 Å². The van der Waals surface area contributed by atoms with Crippen LogP contribution in [0, 0.1) is 3.57 Å². The van der Waals surface area contributed by atoms with Crippen LogP contribution in [-0.2, 0) is 12.8 Å². The Labute approximate surface area is 155 Å². The molecule has 0 unspecified atom stereocenters. The summed E-state index contributed by atoms with van der Waals surface area (Å²) in [5, 5.41) is 8.75. The number of aryl methyl sites for hydroxylation is 2. The number of hydrogen-bond acceptors (Lipinski definition) is 4. The molecule has 24 heavy (non-hydrogen) atoms. The van der Waals surface area contributed by atoms with Crippen molar-refractivity contribution in [2.24, 2.45) is 0 Å². The Morgan fingerprint density at radius 3 is 2.50 bits per heavy atom. The molecule has 124 valence electrons. The summed E-state index contributed by atoms with van der Waals surface area (Å²) < 4.78 is 1.14. The number of rotatable bonds is 2. The molecule has 6 heteroatoms. The topological polar surface area (TPSA) is 49.3 Å². The van der Waals surface area contributed by atoms with E-state index in [9.17, 15) is 4.79 Å². The van der Waals surface area contributed by atoms with E-state index in [1.54, 1.807) is 0 Å². The first-order chi connectivity index (χ1) is 11.7. The molecular weight excluding hydrogens is 415 g/mol. The summed E-state index contributed by atoms with van der Waals surface area (Å²) in [6.07, 6.45) is 3.36. The van der Waals surface area contributed by atoms with Gasteiger partial charge in [-0.2, -0.15) is 5.10 Å². The predicted octanol–water partition coefficient (Wildman–Crippen LogP) is 2.53. The maximum Gasteiger partial charge on any atom is 0.253 e. The minimum absolute atomic E-state index is 0.117.